The molecule has 3 N–H and O–H groups in total. The first-order valence-corrected chi connectivity index (χ1v) is 7.93. The Morgan fingerprint density at radius 1 is 1.04 bits per heavy atom. The highest BCUT2D eigenvalue weighted by Crippen LogP contribution is 2.20. The summed E-state index contributed by atoms with van der Waals surface area (Å²) in [6.45, 7) is 13.5. The monoisotopic (exact) mass is 330 g/mol. The average Bonchev–Trinajstić information content (AvgIpc) is 2.38. The number of guanidine groups is 1. The lowest BCUT2D eigenvalue weighted by Crippen LogP contribution is -2.47. The van der Waals surface area contributed by atoms with Gasteiger partial charge in [0.15, 0.2) is 5.96 Å². The molecule has 0 aromatic rings. The molecular formula is C16H34N4O3. The number of carbonyl (C=O) groups excluding carboxylic acids is 1. The number of nitrogens with one attached hydrogen (secondary N) is 3. The quantitative estimate of drug-likeness (QED) is 0.392. The van der Waals surface area contributed by atoms with Crippen LogP contribution in [0.3, 0.4) is 0 Å². The third-order valence-corrected chi connectivity index (χ3v) is 3.01. The molecule has 7 heteroatoms. The van der Waals surface area contributed by atoms with Crippen molar-refractivity contribution in [3.63, 3.8) is 0 Å². The summed E-state index contributed by atoms with van der Waals surface area (Å²) >= 11 is 0. The Kier molecular flexibility index (Phi) is 8.97. The molecule has 1 unspecified atom stereocenters. The minimum absolute atomic E-state index is 0.0405. The number of carbonyl (C=O) groups is 1. The summed E-state index contributed by atoms with van der Waals surface area (Å²) in [5.74, 6) is 0.669. The number of amides is 1. The van der Waals surface area contributed by atoms with Crippen LogP contribution in [-0.4, -0.2) is 57.5 Å². The van der Waals surface area contributed by atoms with Gasteiger partial charge in [-0.1, -0.05) is 20.8 Å². The Labute approximate surface area is 140 Å². The fourth-order valence-electron chi connectivity index (χ4n) is 1.81. The molecular weight excluding hydrogens is 296 g/mol. The Bertz CT molecular complexity index is 384. The standard InChI is InChI=1S/C16H34N4O3/c1-15(2,3)12(22-8)11-20-13(17-7)18-9-10-19-14(21)23-16(4,5)6/h12H,9-11H2,1-8H3,(H,19,21)(H2,17,18,20). The Morgan fingerprint density at radius 3 is 2.04 bits per heavy atom. The molecule has 0 heterocycles. The van der Waals surface area contributed by atoms with Gasteiger partial charge in [-0.15, -0.1) is 0 Å². The molecule has 0 spiro atoms. The Hall–Kier alpha value is -1.50. The van der Waals surface area contributed by atoms with Crippen molar-refractivity contribution < 1.29 is 14.3 Å². The maximum atomic E-state index is 11.5. The molecule has 136 valence electrons. The van der Waals surface area contributed by atoms with Crippen LogP contribution >= 0.6 is 0 Å². The number of alkyl carbamates (subject to hydrolysis) is 1. The number of hydrogen-bond acceptors (Lipinski definition) is 4. The summed E-state index contributed by atoms with van der Waals surface area (Å²) in [6.07, 6.45) is -0.352. The molecule has 0 aliphatic heterocycles. The highest BCUT2D eigenvalue weighted by molar-refractivity contribution is 5.79. The van der Waals surface area contributed by atoms with Crippen molar-refractivity contribution in [3.8, 4) is 0 Å². The fourth-order valence-corrected chi connectivity index (χ4v) is 1.81. The molecule has 0 aromatic heterocycles. The molecule has 0 saturated heterocycles. The second-order valence-corrected chi connectivity index (χ2v) is 7.40. The van der Waals surface area contributed by atoms with Gasteiger partial charge < -0.3 is 25.4 Å². The smallest absolute Gasteiger partial charge is 0.407 e. The largest absolute Gasteiger partial charge is 0.444 e. The van der Waals surface area contributed by atoms with E-state index in [1.165, 1.54) is 0 Å². The molecule has 0 aliphatic rings. The topological polar surface area (TPSA) is 84.0 Å². The first-order chi connectivity index (χ1) is 10.5. The number of ether oxygens (including phenoxy) is 2. The molecule has 0 bridgehead atoms. The van der Waals surface area contributed by atoms with E-state index in [2.05, 4.69) is 41.7 Å². The second kappa shape index (κ2) is 9.60. The summed E-state index contributed by atoms with van der Waals surface area (Å²) in [6, 6.07) is 0. The highest BCUT2D eigenvalue weighted by atomic mass is 16.6. The van der Waals surface area contributed by atoms with Crippen LogP contribution in [0.2, 0.25) is 0 Å². The predicted octanol–water partition coefficient (Wildman–Crippen LogP) is 1.74. The summed E-state index contributed by atoms with van der Waals surface area (Å²) in [5, 5.41) is 9.04. The van der Waals surface area contributed by atoms with E-state index in [1.807, 2.05) is 20.8 Å². The van der Waals surface area contributed by atoms with Crippen LogP contribution in [-0.2, 0) is 9.47 Å². The highest BCUT2D eigenvalue weighted by Gasteiger charge is 2.24. The Balaban J connectivity index is 4.07. The van der Waals surface area contributed by atoms with E-state index in [1.54, 1.807) is 14.2 Å². The van der Waals surface area contributed by atoms with E-state index in [9.17, 15) is 4.79 Å². The zero-order valence-corrected chi connectivity index (χ0v) is 15.9. The molecule has 0 rings (SSSR count). The lowest BCUT2D eigenvalue weighted by atomic mass is 9.89. The summed E-state index contributed by atoms with van der Waals surface area (Å²) in [5.41, 5.74) is -0.448. The maximum Gasteiger partial charge on any atom is 0.407 e. The van der Waals surface area contributed by atoms with Crippen LogP contribution in [0.25, 0.3) is 0 Å². The molecule has 7 nitrogen and oxygen atoms in total. The number of methoxy groups -OCH3 is 1. The molecule has 0 aliphatic carbocycles. The van der Waals surface area contributed by atoms with Crippen molar-refractivity contribution in [2.24, 2.45) is 10.4 Å². The van der Waals surface area contributed by atoms with Gasteiger partial charge in [-0.25, -0.2) is 4.79 Å². The van der Waals surface area contributed by atoms with Gasteiger partial charge in [-0.2, -0.15) is 0 Å². The van der Waals surface area contributed by atoms with Crippen molar-refractivity contribution in [1.29, 1.82) is 0 Å². The van der Waals surface area contributed by atoms with Crippen LogP contribution in [0.4, 0.5) is 4.79 Å². The lowest BCUT2D eigenvalue weighted by molar-refractivity contribution is 0.0205. The average molecular weight is 330 g/mol. The van der Waals surface area contributed by atoms with Gasteiger partial charge in [0.2, 0.25) is 0 Å². The molecule has 1 amide bonds. The zero-order valence-electron chi connectivity index (χ0n) is 15.9. The summed E-state index contributed by atoms with van der Waals surface area (Å²) < 4.78 is 10.7. The van der Waals surface area contributed by atoms with Crippen molar-refractivity contribution in [2.75, 3.05) is 33.8 Å². The van der Waals surface area contributed by atoms with E-state index < -0.39 is 11.7 Å². The molecule has 0 radical (unpaired) electrons. The van der Waals surface area contributed by atoms with Crippen molar-refractivity contribution >= 4 is 12.1 Å². The number of aliphatic imine (C=N–C) groups is 1. The van der Waals surface area contributed by atoms with E-state index in [4.69, 9.17) is 9.47 Å². The minimum atomic E-state index is -0.489. The van der Waals surface area contributed by atoms with Crippen molar-refractivity contribution in [3.05, 3.63) is 0 Å². The van der Waals surface area contributed by atoms with Crippen LogP contribution in [0.15, 0.2) is 4.99 Å². The van der Waals surface area contributed by atoms with Gasteiger partial charge in [0, 0.05) is 33.8 Å². The zero-order chi connectivity index (χ0) is 18.1. The normalized spacial score (nSPS) is 14.2. The number of nitrogens with zero attached hydrogens (tertiary/aromatic N) is 1. The molecule has 0 fully saturated rings. The van der Waals surface area contributed by atoms with Gasteiger partial charge in [0.1, 0.15) is 5.60 Å². The van der Waals surface area contributed by atoms with E-state index >= 15 is 0 Å². The third kappa shape index (κ3) is 10.8. The van der Waals surface area contributed by atoms with Crippen molar-refractivity contribution in [2.45, 2.75) is 53.2 Å². The number of hydrogen-bond donors (Lipinski definition) is 3. The van der Waals surface area contributed by atoms with E-state index in [0.29, 0.717) is 25.6 Å². The van der Waals surface area contributed by atoms with Crippen LogP contribution < -0.4 is 16.0 Å². The van der Waals surface area contributed by atoms with E-state index in [0.717, 1.165) is 0 Å². The van der Waals surface area contributed by atoms with Gasteiger partial charge in [0.05, 0.1) is 6.10 Å². The van der Waals surface area contributed by atoms with Crippen molar-refractivity contribution in [1.82, 2.24) is 16.0 Å². The van der Waals surface area contributed by atoms with Crippen LogP contribution in [0.1, 0.15) is 41.5 Å². The Morgan fingerprint density at radius 2 is 1.61 bits per heavy atom. The summed E-state index contributed by atoms with van der Waals surface area (Å²) in [7, 11) is 3.41. The second-order valence-electron chi connectivity index (χ2n) is 7.40. The molecule has 0 saturated carbocycles. The first-order valence-electron chi connectivity index (χ1n) is 7.93. The minimum Gasteiger partial charge on any atom is -0.444 e. The lowest BCUT2D eigenvalue weighted by Gasteiger charge is -2.30. The van der Waals surface area contributed by atoms with Crippen LogP contribution in [0, 0.1) is 5.41 Å². The van der Waals surface area contributed by atoms with Gasteiger partial charge >= 0.3 is 6.09 Å². The third-order valence-electron chi connectivity index (χ3n) is 3.01. The first kappa shape index (κ1) is 21.5. The molecule has 23 heavy (non-hydrogen) atoms. The van der Waals surface area contributed by atoms with Gasteiger partial charge in [0.25, 0.3) is 0 Å². The molecule has 0 aromatic carbocycles. The van der Waals surface area contributed by atoms with Crippen LogP contribution in [0.5, 0.6) is 0 Å². The van der Waals surface area contributed by atoms with Gasteiger partial charge in [-0.3, -0.25) is 4.99 Å². The predicted molar refractivity (Wildman–Crippen MR) is 93.9 cm³/mol. The fraction of sp³-hybridized carbons (Fsp3) is 0.875. The van der Waals surface area contributed by atoms with Gasteiger partial charge in [-0.05, 0) is 26.2 Å². The summed E-state index contributed by atoms with van der Waals surface area (Å²) in [4.78, 5) is 15.7. The number of rotatable bonds is 6. The molecule has 1 atom stereocenters. The maximum absolute atomic E-state index is 11.5. The SMILES string of the molecule is CN=C(NCCNC(=O)OC(C)(C)C)NCC(OC)C(C)(C)C. The van der Waals surface area contributed by atoms with E-state index in [-0.39, 0.29) is 11.5 Å².